The van der Waals surface area contributed by atoms with E-state index in [0.717, 1.165) is 11.1 Å². The summed E-state index contributed by atoms with van der Waals surface area (Å²) in [6.45, 7) is 3.38. The van der Waals surface area contributed by atoms with Gasteiger partial charge in [-0.05, 0) is 36.2 Å². The van der Waals surface area contributed by atoms with E-state index in [2.05, 4.69) is 5.32 Å². The van der Waals surface area contributed by atoms with Crippen molar-refractivity contribution in [2.75, 3.05) is 17.3 Å². The van der Waals surface area contributed by atoms with Crippen molar-refractivity contribution < 1.29 is 14.0 Å². The van der Waals surface area contributed by atoms with Gasteiger partial charge >= 0.3 is 0 Å². The van der Waals surface area contributed by atoms with Crippen molar-refractivity contribution in [3.8, 4) is 0 Å². The maximum absolute atomic E-state index is 14.3. The molecule has 0 saturated heterocycles. The number of rotatable bonds is 2. The maximum Gasteiger partial charge on any atom is 0.225 e. The van der Waals surface area contributed by atoms with Crippen molar-refractivity contribution in [3.05, 3.63) is 58.9 Å². The Labute approximate surface area is 140 Å². The van der Waals surface area contributed by atoms with Crippen LogP contribution in [-0.2, 0) is 9.59 Å². The first-order valence-corrected chi connectivity index (χ1v) is 7.81. The maximum atomic E-state index is 14.3. The fraction of sp³-hybridized carbons (Fsp3) is 0.263. The van der Waals surface area contributed by atoms with E-state index in [1.807, 2.05) is 19.1 Å². The van der Waals surface area contributed by atoms with Crippen LogP contribution in [-0.4, -0.2) is 18.9 Å². The monoisotopic (exact) mass is 326 g/mol. The number of benzene rings is 2. The van der Waals surface area contributed by atoms with Crippen molar-refractivity contribution in [1.29, 1.82) is 0 Å². The average Bonchev–Trinajstić information content (AvgIpc) is 2.54. The Kier molecular flexibility index (Phi) is 4.09. The van der Waals surface area contributed by atoms with Gasteiger partial charge in [0.25, 0.3) is 0 Å². The summed E-state index contributed by atoms with van der Waals surface area (Å²) in [7, 11) is 1.67. The van der Waals surface area contributed by atoms with Crippen molar-refractivity contribution in [3.63, 3.8) is 0 Å². The van der Waals surface area contributed by atoms with Crippen molar-refractivity contribution >= 4 is 23.2 Å². The number of nitrogens with one attached hydrogen (secondary N) is 1. The summed E-state index contributed by atoms with van der Waals surface area (Å²) in [5.74, 6) is -0.893. The molecule has 0 saturated carbocycles. The van der Waals surface area contributed by atoms with Crippen LogP contribution in [0.4, 0.5) is 15.8 Å². The molecule has 124 valence electrons. The van der Waals surface area contributed by atoms with Crippen LogP contribution in [0.3, 0.4) is 0 Å². The molecule has 2 amide bonds. The summed E-state index contributed by atoms with van der Waals surface area (Å²) in [6, 6.07) is 10.4. The first-order chi connectivity index (χ1) is 11.4. The largest absolute Gasteiger partial charge is 0.326 e. The molecule has 2 aromatic rings. The Morgan fingerprint density at radius 2 is 1.96 bits per heavy atom. The third-order valence-corrected chi connectivity index (χ3v) is 4.46. The second kappa shape index (κ2) is 6.07. The minimum absolute atomic E-state index is 0.0987. The van der Waals surface area contributed by atoms with Crippen LogP contribution in [0.15, 0.2) is 36.4 Å². The lowest BCUT2D eigenvalue weighted by molar-refractivity contribution is -0.117. The molecule has 0 aliphatic carbocycles. The van der Waals surface area contributed by atoms with Gasteiger partial charge in [-0.1, -0.05) is 23.8 Å². The molecule has 1 atom stereocenters. The van der Waals surface area contributed by atoms with Gasteiger partial charge in [0, 0.05) is 37.7 Å². The highest BCUT2D eigenvalue weighted by Crippen LogP contribution is 2.39. The molecule has 1 heterocycles. The molecule has 1 aliphatic heterocycles. The number of halogens is 1. The average molecular weight is 326 g/mol. The van der Waals surface area contributed by atoms with Crippen LogP contribution in [0.5, 0.6) is 0 Å². The molecular weight excluding hydrogens is 307 g/mol. The summed E-state index contributed by atoms with van der Waals surface area (Å²) < 4.78 is 14.3. The summed E-state index contributed by atoms with van der Waals surface area (Å²) in [6.07, 6.45) is 0.204. The zero-order valence-corrected chi connectivity index (χ0v) is 13.9. The van der Waals surface area contributed by atoms with Gasteiger partial charge < -0.3 is 10.2 Å². The highest BCUT2D eigenvalue weighted by molar-refractivity contribution is 5.97. The highest BCUT2D eigenvalue weighted by Gasteiger charge is 2.29. The van der Waals surface area contributed by atoms with Gasteiger partial charge in [-0.15, -0.1) is 0 Å². The number of carbonyl (C=O) groups excluding carboxylic acids is 2. The number of nitrogens with zero attached hydrogens (tertiary/aromatic N) is 1. The zero-order chi connectivity index (χ0) is 17.4. The molecule has 0 aromatic heterocycles. The first kappa shape index (κ1) is 16.2. The normalized spacial score (nSPS) is 16.3. The van der Waals surface area contributed by atoms with Crippen LogP contribution in [0, 0.1) is 12.7 Å². The predicted molar refractivity (Wildman–Crippen MR) is 91.8 cm³/mol. The molecule has 0 fully saturated rings. The fourth-order valence-corrected chi connectivity index (χ4v) is 3.05. The van der Waals surface area contributed by atoms with Gasteiger partial charge in [-0.3, -0.25) is 9.59 Å². The van der Waals surface area contributed by atoms with E-state index in [4.69, 9.17) is 0 Å². The molecule has 0 radical (unpaired) electrons. The van der Waals surface area contributed by atoms with Crippen molar-refractivity contribution in [1.82, 2.24) is 0 Å². The Balaban J connectivity index is 2.09. The lowest BCUT2D eigenvalue weighted by Gasteiger charge is -2.28. The molecule has 5 heteroatoms. The van der Waals surface area contributed by atoms with Crippen molar-refractivity contribution in [2.45, 2.75) is 26.2 Å². The van der Waals surface area contributed by atoms with E-state index in [1.165, 1.54) is 17.9 Å². The Morgan fingerprint density at radius 3 is 2.67 bits per heavy atom. The van der Waals surface area contributed by atoms with Crippen LogP contribution in [0.1, 0.15) is 36.0 Å². The molecule has 1 N–H and O–H groups in total. The molecule has 1 aliphatic rings. The van der Waals surface area contributed by atoms with Crippen LogP contribution >= 0.6 is 0 Å². The van der Waals surface area contributed by atoms with Gasteiger partial charge in [0.05, 0.1) is 0 Å². The third kappa shape index (κ3) is 2.89. The van der Waals surface area contributed by atoms with Crippen LogP contribution in [0.2, 0.25) is 0 Å². The quantitative estimate of drug-likeness (QED) is 0.917. The third-order valence-electron chi connectivity index (χ3n) is 4.46. The number of carbonyl (C=O) groups is 2. The minimum atomic E-state index is -0.328. The van der Waals surface area contributed by atoms with Gasteiger partial charge in [0.2, 0.25) is 11.8 Å². The summed E-state index contributed by atoms with van der Waals surface area (Å²) >= 11 is 0. The molecule has 0 unspecified atom stereocenters. The second-order valence-electron chi connectivity index (χ2n) is 6.18. The Morgan fingerprint density at radius 1 is 1.21 bits per heavy atom. The fourth-order valence-electron chi connectivity index (χ4n) is 3.05. The zero-order valence-electron chi connectivity index (χ0n) is 13.9. The molecule has 0 bridgehead atoms. The minimum Gasteiger partial charge on any atom is -0.326 e. The number of aryl methyl sites for hydroxylation is 1. The van der Waals surface area contributed by atoms with Gasteiger partial charge in [0.15, 0.2) is 0 Å². The number of fused-ring (bicyclic) bond motifs is 1. The molecule has 4 nitrogen and oxygen atoms in total. The molecule has 2 aromatic carbocycles. The van der Waals surface area contributed by atoms with Gasteiger partial charge in [-0.2, -0.15) is 0 Å². The number of anilines is 2. The van der Waals surface area contributed by atoms with E-state index >= 15 is 0 Å². The number of hydrogen-bond donors (Lipinski definition) is 1. The SMILES string of the molecule is CC(=O)N(C)c1ccc2c(c1)NC(=O)C[C@@H]2c1cc(C)ccc1F. The summed E-state index contributed by atoms with van der Waals surface area (Å²) in [5.41, 5.74) is 3.65. The van der Waals surface area contributed by atoms with Crippen LogP contribution in [0.25, 0.3) is 0 Å². The Hall–Kier alpha value is -2.69. The van der Waals surface area contributed by atoms with E-state index < -0.39 is 0 Å². The second-order valence-corrected chi connectivity index (χ2v) is 6.18. The van der Waals surface area contributed by atoms with Crippen molar-refractivity contribution in [2.24, 2.45) is 0 Å². The molecule has 24 heavy (non-hydrogen) atoms. The van der Waals surface area contributed by atoms with Crippen LogP contribution < -0.4 is 10.2 Å². The van der Waals surface area contributed by atoms with E-state index in [1.54, 1.807) is 25.2 Å². The first-order valence-electron chi connectivity index (χ1n) is 7.81. The lowest BCUT2D eigenvalue weighted by atomic mass is 9.84. The summed E-state index contributed by atoms with van der Waals surface area (Å²) in [5, 5.41) is 2.83. The lowest BCUT2D eigenvalue weighted by Crippen LogP contribution is -2.26. The van der Waals surface area contributed by atoms with Gasteiger partial charge in [-0.25, -0.2) is 4.39 Å². The number of hydrogen-bond acceptors (Lipinski definition) is 2. The highest BCUT2D eigenvalue weighted by atomic mass is 19.1. The Bertz CT molecular complexity index is 832. The molecular formula is C19H19FN2O2. The topological polar surface area (TPSA) is 49.4 Å². The van der Waals surface area contributed by atoms with E-state index in [0.29, 0.717) is 16.9 Å². The van der Waals surface area contributed by atoms with Gasteiger partial charge in [0.1, 0.15) is 5.82 Å². The summed E-state index contributed by atoms with van der Waals surface area (Å²) in [4.78, 5) is 25.1. The smallest absolute Gasteiger partial charge is 0.225 e. The van der Waals surface area contributed by atoms with E-state index in [9.17, 15) is 14.0 Å². The molecule has 3 rings (SSSR count). The number of amides is 2. The molecule has 0 spiro atoms. The predicted octanol–water partition coefficient (Wildman–Crippen LogP) is 3.59. The van der Waals surface area contributed by atoms with E-state index in [-0.39, 0.29) is 30.0 Å². The standard InChI is InChI=1S/C19H19FN2O2/c1-11-4-7-17(20)16(8-11)15-10-19(24)21-18-9-13(5-6-14(15)18)22(3)12(2)23/h4-9,15H,10H2,1-3H3,(H,21,24)/t15-/m0/s1.